The van der Waals surface area contributed by atoms with E-state index in [-0.39, 0.29) is 0 Å². The van der Waals surface area contributed by atoms with E-state index in [1.54, 1.807) is 11.3 Å². The minimum atomic E-state index is 0.508. The van der Waals surface area contributed by atoms with Crippen molar-refractivity contribution in [3.05, 3.63) is 16.1 Å². The molecule has 2 unspecified atom stereocenters. The number of ether oxygens (including phenoxy) is 1. The van der Waals surface area contributed by atoms with Gasteiger partial charge in [-0.15, -0.1) is 11.3 Å². The Hall–Kier alpha value is -0.450. The van der Waals surface area contributed by atoms with Crippen LogP contribution in [0, 0.1) is 12.8 Å². The van der Waals surface area contributed by atoms with Crippen LogP contribution in [0.5, 0.6) is 0 Å². The number of hydrogen-bond acceptors (Lipinski definition) is 4. The highest BCUT2D eigenvalue weighted by molar-refractivity contribution is 7.09. The van der Waals surface area contributed by atoms with Gasteiger partial charge in [0.05, 0.1) is 17.3 Å². The molecule has 1 aliphatic rings. The molecule has 0 aliphatic carbocycles. The molecule has 1 aromatic rings. The number of aromatic nitrogens is 1. The monoisotopic (exact) mass is 226 g/mol. The zero-order valence-corrected chi connectivity index (χ0v) is 10.1. The van der Waals surface area contributed by atoms with Crippen LogP contribution in [0.3, 0.4) is 0 Å². The first-order valence-corrected chi connectivity index (χ1v) is 6.33. The van der Waals surface area contributed by atoms with Crippen molar-refractivity contribution in [1.82, 2.24) is 10.3 Å². The first-order valence-electron chi connectivity index (χ1n) is 5.45. The number of aryl methyl sites for hydroxylation is 1. The highest BCUT2D eigenvalue weighted by atomic mass is 32.1. The van der Waals surface area contributed by atoms with E-state index in [9.17, 15) is 0 Å². The summed E-state index contributed by atoms with van der Waals surface area (Å²) in [5, 5.41) is 6.70. The van der Waals surface area contributed by atoms with Gasteiger partial charge < -0.3 is 10.1 Å². The SMILES string of the molecule is CNC(Cc1csc(C)n1)C1CCOC1. The second kappa shape index (κ2) is 5.05. The summed E-state index contributed by atoms with van der Waals surface area (Å²) in [6, 6.07) is 0.508. The Morgan fingerprint density at radius 3 is 3.13 bits per heavy atom. The molecule has 0 radical (unpaired) electrons. The average molecular weight is 226 g/mol. The highest BCUT2D eigenvalue weighted by Gasteiger charge is 2.25. The van der Waals surface area contributed by atoms with Gasteiger partial charge in [-0.05, 0) is 20.4 Å². The van der Waals surface area contributed by atoms with Crippen LogP contribution in [0.4, 0.5) is 0 Å². The summed E-state index contributed by atoms with van der Waals surface area (Å²) < 4.78 is 5.42. The molecular formula is C11H18N2OS. The van der Waals surface area contributed by atoms with Crippen molar-refractivity contribution in [3.8, 4) is 0 Å². The van der Waals surface area contributed by atoms with Gasteiger partial charge in [0.25, 0.3) is 0 Å². The Balaban J connectivity index is 1.95. The van der Waals surface area contributed by atoms with E-state index < -0.39 is 0 Å². The number of likely N-dealkylation sites (N-methyl/N-ethyl adjacent to an activating group) is 1. The fraction of sp³-hybridized carbons (Fsp3) is 0.727. The first kappa shape index (κ1) is 11.0. The van der Waals surface area contributed by atoms with Crippen LogP contribution >= 0.6 is 11.3 Å². The molecule has 0 amide bonds. The van der Waals surface area contributed by atoms with E-state index in [0.29, 0.717) is 12.0 Å². The third-order valence-corrected chi connectivity index (χ3v) is 3.82. The molecule has 84 valence electrons. The maximum Gasteiger partial charge on any atom is 0.0897 e. The van der Waals surface area contributed by atoms with Crippen LogP contribution in [-0.4, -0.2) is 31.3 Å². The number of rotatable bonds is 4. The molecule has 15 heavy (non-hydrogen) atoms. The Kier molecular flexibility index (Phi) is 3.72. The molecule has 1 N–H and O–H groups in total. The van der Waals surface area contributed by atoms with Gasteiger partial charge in [0.2, 0.25) is 0 Å². The summed E-state index contributed by atoms with van der Waals surface area (Å²) in [7, 11) is 2.03. The third kappa shape index (κ3) is 2.77. The van der Waals surface area contributed by atoms with Crippen molar-refractivity contribution in [2.45, 2.75) is 25.8 Å². The zero-order valence-electron chi connectivity index (χ0n) is 9.32. The molecule has 2 rings (SSSR count). The minimum Gasteiger partial charge on any atom is -0.381 e. The fourth-order valence-corrected chi connectivity index (χ4v) is 2.73. The number of nitrogens with one attached hydrogen (secondary N) is 1. The van der Waals surface area contributed by atoms with E-state index in [0.717, 1.165) is 24.6 Å². The van der Waals surface area contributed by atoms with Crippen molar-refractivity contribution in [2.24, 2.45) is 5.92 Å². The van der Waals surface area contributed by atoms with Crippen molar-refractivity contribution in [1.29, 1.82) is 0 Å². The van der Waals surface area contributed by atoms with Gasteiger partial charge in [-0.2, -0.15) is 0 Å². The molecule has 1 aliphatic heterocycles. The van der Waals surface area contributed by atoms with Gasteiger partial charge in [0, 0.05) is 30.4 Å². The van der Waals surface area contributed by atoms with Crippen molar-refractivity contribution in [2.75, 3.05) is 20.3 Å². The molecule has 0 spiro atoms. The molecule has 1 aromatic heterocycles. The quantitative estimate of drug-likeness (QED) is 0.847. The maximum absolute atomic E-state index is 5.42. The summed E-state index contributed by atoms with van der Waals surface area (Å²) in [5.74, 6) is 0.650. The summed E-state index contributed by atoms with van der Waals surface area (Å²) >= 11 is 1.73. The molecule has 4 heteroatoms. The van der Waals surface area contributed by atoms with Gasteiger partial charge in [-0.1, -0.05) is 0 Å². The Labute approximate surface area is 94.9 Å². The lowest BCUT2D eigenvalue weighted by Crippen LogP contribution is -2.36. The lowest BCUT2D eigenvalue weighted by Gasteiger charge is -2.20. The minimum absolute atomic E-state index is 0.508. The molecule has 0 saturated carbocycles. The lowest BCUT2D eigenvalue weighted by molar-refractivity contribution is 0.177. The summed E-state index contributed by atoms with van der Waals surface area (Å²) in [4.78, 5) is 4.51. The number of thiazole rings is 1. The number of hydrogen-bond donors (Lipinski definition) is 1. The second-order valence-corrected chi connectivity index (χ2v) is 5.14. The summed E-state index contributed by atoms with van der Waals surface area (Å²) in [5.41, 5.74) is 1.21. The third-order valence-electron chi connectivity index (χ3n) is 3.00. The van der Waals surface area contributed by atoms with E-state index in [1.807, 2.05) is 7.05 Å². The Morgan fingerprint density at radius 2 is 2.60 bits per heavy atom. The normalized spacial score (nSPS) is 23.2. The van der Waals surface area contributed by atoms with Crippen LogP contribution in [-0.2, 0) is 11.2 Å². The average Bonchev–Trinajstić information content (AvgIpc) is 2.85. The van der Waals surface area contributed by atoms with E-state index in [4.69, 9.17) is 4.74 Å². The van der Waals surface area contributed by atoms with E-state index in [2.05, 4.69) is 22.6 Å². The molecule has 1 saturated heterocycles. The summed E-state index contributed by atoms with van der Waals surface area (Å²) in [6.07, 6.45) is 2.20. The Bertz CT molecular complexity index is 307. The zero-order chi connectivity index (χ0) is 10.7. The smallest absolute Gasteiger partial charge is 0.0897 e. The predicted molar refractivity (Wildman–Crippen MR) is 62.3 cm³/mol. The summed E-state index contributed by atoms with van der Waals surface area (Å²) in [6.45, 7) is 3.87. The largest absolute Gasteiger partial charge is 0.381 e. The second-order valence-electron chi connectivity index (χ2n) is 4.08. The van der Waals surface area contributed by atoms with Gasteiger partial charge in [0.1, 0.15) is 0 Å². The van der Waals surface area contributed by atoms with Gasteiger partial charge in [0.15, 0.2) is 0 Å². The van der Waals surface area contributed by atoms with E-state index >= 15 is 0 Å². The highest BCUT2D eigenvalue weighted by Crippen LogP contribution is 2.20. The van der Waals surface area contributed by atoms with Crippen LogP contribution < -0.4 is 5.32 Å². The van der Waals surface area contributed by atoms with Crippen LogP contribution in [0.1, 0.15) is 17.1 Å². The molecule has 3 nitrogen and oxygen atoms in total. The molecule has 0 aromatic carbocycles. The van der Waals surface area contributed by atoms with E-state index in [1.165, 1.54) is 12.1 Å². The van der Waals surface area contributed by atoms with Gasteiger partial charge >= 0.3 is 0 Å². The fourth-order valence-electron chi connectivity index (χ4n) is 2.10. The first-order chi connectivity index (χ1) is 7.29. The van der Waals surface area contributed by atoms with Crippen LogP contribution in [0.15, 0.2) is 5.38 Å². The van der Waals surface area contributed by atoms with Crippen molar-refractivity contribution in [3.63, 3.8) is 0 Å². The molecule has 1 fully saturated rings. The van der Waals surface area contributed by atoms with Gasteiger partial charge in [-0.25, -0.2) is 4.98 Å². The van der Waals surface area contributed by atoms with Crippen molar-refractivity contribution >= 4 is 11.3 Å². The standard InChI is InChI=1S/C11H18N2OS/c1-8-13-10(7-15-8)5-11(12-2)9-3-4-14-6-9/h7,9,11-12H,3-6H2,1-2H3. The molecule has 2 atom stereocenters. The molecular weight excluding hydrogens is 208 g/mol. The topological polar surface area (TPSA) is 34.2 Å². The van der Waals surface area contributed by atoms with Crippen LogP contribution in [0.2, 0.25) is 0 Å². The lowest BCUT2D eigenvalue weighted by atomic mass is 9.95. The van der Waals surface area contributed by atoms with Crippen molar-refractivity contribution < 1.29 is 4.74 Å². The number of nitrogens with zero attached hydrogens (tertiary/aromatic N) is 1. The Morgan fingerprint density at radius 1 is 1.73 bits per heavy atom. The van der Waals surface area contributed by atoms with Crippen LogP contribution in [0.25, 0.3) is 0 Å². The molecule has 2 heterocycles. The predicted octanol–water partition coefficient (Wildman–Crippen LogP) is 1.62. The maximum atomic E-state index is 5.42. The molecule has 0 bridgehead atoms. The van der Waals surface area contributed by atoms with Gasteiger partial charge in [-0.3, -0.25) is 0 Å².